The van der Waals surface area contributed by atoms with Crippen molar-refractivity contribution >= 4 is 6.09 Å². The van der Waals surface area contributed by atoms with E-state index in [-0.39, 0.29) is 6.09 Å². The van der Waals surface area contributed by atoms with E-state index in [4.69, 9.17) is 4.74 Å². The Morgan fingerprint density at radius 1 is 0.864 bits per heavy atom. The van der Waals surface area contributed by atoms with Crippen LogP contribution in [-0.2, 0) is 4.74 Å². The fraction of sp³-hybridized carbons (Fsp3) is 0.938. The molecule has 22 heavy (non-hydrogen) atoms. The van der Waals surface area contributed by atoms with Crippen molar-refractivity contribution in [2.45, 2.75) is 26.4 Å². The first-order chi connectivity index (χ1) is 10.3. The lowest BCUT2D eigenvalue weighted by atomic mass is 10.2. The number of piperazine rings is 2. The zero-order valence-corrected chi connectivity index (χ0v) is 14.7. The fourth-order valence-electron chi connectivity index (χ4n) is 2.83. The van der Waals surface area contributed by atoms with Gasteiger partial charge in [0.15, 0.2) is 0 Å². The van der Waals surface area contributed by atoms with Gasteiger partial charge in [0.1, 0.15) is 5.60 Å². The molecule has 2 aliphatic heterocycles. The number of hydrogen-bond acceptors (Lipinski definition) is 5. The van der Waals surface area contributed by atoms with Gasteiger partial charge in [0.05, 0.1) is 0 Å². The Labute approximate surface area is 135 Å². The van der Waals surface area contributed by atoms with E-state index in [9.17, 15) is 4.79 Å². The van der Waals surface area contributed by atoms with E-state index < -0.39 is 5.60 Å². The van der Waals surface area contributed by atoms with Crippen molar-refractivity contribution in [1.82, 2.24) is 19.6 Å². The third-order valence-electron chi connectivity index (χ3n) is 4.35. The quantitative estimate of drug-likeness (QED) is 0.770. The molecule has 2 heterocycles. The van der Waals surface area contributed by atoms with Gasteiger partial charge >= 0.3 is 6.09 Å². The second-order valence-electron chi connectivity index (χ2n) is 7.45. The van der Waals surface area contributed by atoms with Crippen LogP contribution in [0, 0.1) is 0 Å². The minimum absolute atomic E-state index is 0.175. The normalized spacial score (nSPS) is 22.8. The van der Waals surface area contributed by atoms with Crippen LogP contribution in [0.4, 0.5) is 4.79 Å². The topological polar surface area (TPSA) is 39.3 Å². The largest absolute Gasteiger partial charge is 0.444 e. The minimum Gasteiger partial charge on any atom is -0.444 e. The zero-order valence-electron chi connectivity index (χ0n) is 14.7. The molecule has 0 aromatic rings. The smallest absolute Gasteiger partial charge is 0.410 e. The van der Waals surface area contributed by atoms with Gasteiger partial charge in [-0.3, -0.25) is 9.80 Å². The van der Waals surface area contributed by atoms with Gasteiger partial charge < -0.3 is 14.5 Å². The number of rotatable bonds is 3. The summed E-state index contributed by atoms with van der Waals surface area (Å²) in [5, 5.41) is 0. The van der Waals surface area contributed by atoms with Crippen LogP contribution in [0.2, 0.25) is 0 Å². The van der Waals surface area contributed by atoms with Crippen molar-refractivity contribution < 1.29 is 9.53 Å². The Bertz CT molecular complexity index is 354. The van der Waals surface area contributed by atoms with Crippen LogP contribution in [0.5, 0.6) is 0 Å². The van der Waals surface area contributed by atoms with Crippen LogP contribution in [0.3, 0.4) is 0 Å². The maximum Gasteiger partial charge on any atom is 0.410 e. The summed E-state index contributed by atoms with van der Waals surface area (Å²) in [6, 6.07) is 0. The molecule has 0 aliphatic carbocycles. The lowest BCUT2D eigenvalue weighted by Gasteiger charge is -2.37. The predicted molar refractivity (Wildman–Crippen MR) is 88.2 cm³/mol. The number of carbonyl (C=O) groups excluding carboxylic acids is 1. The maximum atomic E-state index is 12.0. The van der Waals surface area contributed by atoms with E-state index in [2.05, 4.69) is 21.7 Å². The van der Waals surface area contributed by atoms with E-state index in [1.165, 1.54) is 26.2 Å². The van der Waals surface area contributed by atoms with E-state index in [0.717, 1.165) is 39.3 Å². The van der Waals surface area contributed by atoms with Crippen molar-refractivity contribution in [3.05, 3.63) is 0 Å². The highest BCUT2D eigenvalue weighted by atomic mass is 16.6. The number of ether oxygens (including phenoxy) is 1. The molecule has 0 unspecified atom stereocenters. The number of likely N-dealkylation sites (N-methyl/N-ethyl adjacent to an activating group) is 1. The monoisotopic (exact) mass is 312 g/mol. The molecule has 0 saturated carbocycles. The van der Waals surface area contributed by atoms with Crippen molar-refractivity contribution in [3.63, 3.8) is 0 Å². The molecular weight excluding hydrogens is 280 g/mol. The summed E-state index contributed by atoms with van der Waals surface area (Å²) in [6.45, 7) is 16.1. The summed E-state index contributed by atoms with van der Waals surface area (Å²) >= 11 is 0. The molecule has 128 valence electrons. The molecule has 6 nitrogen and oxygen atoms in total. The first-order valence-electron chi connectivity index (χ1n) is 8.45. The molecule has 0 radical (unpaired) electrons. The molecule has 0 N–H and O–H groups in total. The first-order valence-corrected chi connectivity index (χ1v) is 8.45. The molecule has 2 saturated heterocycles. The van der Waals surface area contributed by atoms with Gasteiger partial charge in [0.25, 0.3) is 0 Å². The molecule has 0 aromatic heterocycles. The number of hydrogen-bond donors (Lipinski definition) is 0. The van der Waals surface area contributed by atoms with Gasteiger partial charge in [0, 0.05) is 65.4 Å². The molecule has 2 aliphatic rings. The van der Waals surface area contributed by atoms with Crippen LogP contribution in [-0.4, -0.2) is 104 Å². The van der Waals surface area contributed by atoms with Crippen LogP contribution < -0.4 is 0 Å². The molecule has 0 atom stereocenters. The predicted octanol–water partition coefficient (Wildman–Crippen LogP) is 0.787. The van der Waals surface area contributed by atoms with Crippen LogP contribution in [0.1, 0.15) is 20.8 Å². The van der Waals surface area contributed by atoms with Gasteiger partial charge in [-0.2, -0.15) is 0 Å². The highest BCUT2D eigenvalue weighted by molar-refractivity contribution is 5.68. The van der Waals surface area contributed by atoms with E-state index in [0.29, 0.717) is 0 Å². The van der Waals surface area contributed by atoms with E-state index in [1.807, 2.05) is 25.7 Å². The average molecular weight is 312 g/mol. The van der Waals surface area contributed by atoms with Gasteiger partial charge in [-0.1, -0.05) is 0 Å². The molecule has 0 spiro atoms. The Hall–Kier alpha value is -0.850. The minimum atomic E-state index is -0.407. The van der Waals surface area contributed by atoms with E-state index >= 15 is 0 Å². The van der Waals surface area contributed by atoms with Crippen molar-refractivity contribution in [3.8, 4) is 0 Å². The van der Waals surface area contributed by atoms with Crippen LogP contribution >= 0.6 is 0 Å². The number of nitrogens with zero attached hydrogens (tertiary/aromatic N) is 4. The SMILES string of the molecule is CN1CCN(CCN2CCN(C(=O)OC(C)(C)C)CC2)CC1. The third-order valence-corrected chi connectivity index (χ3v) is 4.35. The molecule has 0 aromatic carbocycles. The van der Waals surface area contributed by atoms with Gasteiger partial charge in [-0.25, -0.2) is 4.79 Å². The molecule has 2 rings (SSSR count). The van der Waals surface area contributed by atoms with Gasteiger partial charge in [-0.15, -0.1) is 0 Å². The molecular formula is C16H32N4O2. The van der Waals surface area contributed by atoms with Gasteiger partial charge in [0.2, 0.25) is 0 Å². The Morgan fingerprint density at radius 2 is 1.32 bits per heavy atom. The molecule has 1 amide bonds. The van der Waals surface area contributed by atoms with Gasteiger partial charge in [-0.05, 0) is 27.8 Å². The Kier molecular flexibility index (Phi) is 6.06. The number of carbonyl (C=O) groups is 1. The summed E-state index contributed by atoms with van der Waals surface area (Å²) < 4.78 is 5.43. The van der Waals surface area contributed by atoms with E-state index in [1.54, 1.807) is 0 Å². The standard InChI is InChI=1S/C16H32N4O2/c1-16(2,3)22-15(21)20-13-11-19(12-14-20)10-9-18-7-5-17(4)6-8-18/h5-14H2,1-4H3. The first kappa shape index (κ1) is 17.5. The van der Waals surface area contributed by atoms with Crippen molar-refractivity contribution in [1.29, 1.82) is 0 Å². The van der Waals surface area contributed by atoms with Crippen molar-refractivity contribution in [2.24, 2.45) is 0 Å². The summed E-state index contributed by atoms with van der Waals surface area (Å²) in [5.41, 5.74) is -0.407. The Morgan fingerprint density at radius 3 is 1.77 bits per heavy atom. The lowest BCUT2D eigenvalue weighted by molar-refractivity contribution is 0.0135. The maximum absolute atomic E-state index is 12.0. The fourth-order valence-corrected chi connectivity index (χ4v) is 2.83. The van der Waals surface area contributed by atoms with Crippen LogP contribution in [0.25, 0.3) is 0 Å². The summed E-state index contributed by atoms with van der Waals surface area (Å²) in [4.78, 5) is 21.2. The number of amides is 1. The molecule has 0 bridgehead atoms. The molecule has 6 heteroatoms. The highest BCUT2D eigenvalue weighted by Gasteiger charge is 2.26. The summed E-state index contributed by atoms with van der Waals surface area (Å²) in [6.07, 6.45) is -0.175. The third kappa shape index (κ3) is 5.74. The van der Waals surface area contributed by atoms with Crippen LogP contribution in [0.15, 0.2) is 0 Å². The van der Waals surface area contributed by atoms with Crippen molar-refractivity contribution in [2.75, 3.05) is 72.5 Å². The summed E-state index contributed by atoms with van der Waals surface area (Å²) in [7, 11) is 2.19. The average Bonchev–Trinajstić information content (AvgIpc) is 2.45. The second kappa shape index (κ2) is 7.62. The Balaban J connectivity index is 1.64. The summed E-state index contributed by atoms with van der Waals surface area (Å²) in [5.74, 6) is 0. The second-order valence-corrected chi connectivity index (χ2v) is 7.45. The lowest BCUT2D eigenvalue weighted by Crippen LogP contribution is -2.52. The molecule has 2 fully saturated rings. The highest BCUT2D eigenvalue weighted by Crippen LogP contribution is 2.12. The zero-order chi connectivity index (χ0) is 16.2.